The van der Waals surface area contributed by atoms with Crippen LogP contribution in [0, 0.1) is 0 Å². The standard InChI is InChI=1S/C17H9Cl2N3O2S/c18-8-4-5-12-13(6-8)25-17(21-12)22-16(24)10-7-20-14-9(15(10)23)2-1-3-11(14)19/h1-7H,(H,20,23)(H,21,22,24). The highest BCUT2D eigenvalue weighted by Gasteiger charge is 2.16. The molecule has 0 aliphatic heterocycles. The monoisotopic (exact) mass is 389 g/mol. The minimum Gasteiger partial charge on any atom is -0.359 e. The molecule has 2 aromatic heterocycles. The molecule has 0 saturated carbocycles. The predicted octanol–water partition coefficient (Wildman–Crippen LogP) is 4.70. The van der Waals surface area contributed by atoms with Crippen molar-refractivity contribution in [1.29, 1.82) is 0 Å². The topological polar surface area (TPSA) is 74.8 Å². The quantitative estimate of drug-likeness (QED) is 0.521. The van der Waals surface area contributed by atoms with Crippen molar-refractivity contribution in [2.24, 2.45) is 0 Å². The van der Waals surface area contributed by atoms with E-state index in [1.54, 1.807) is 36.4 Å². The number of thiazole rings is 1. The number of fused-ring (bicyclic) bond motifs is 2. The number of aromatic amines is 1. The average Bonchev–Trinajstić information content (AvgIpc) is 2.97. The number of nitrogens with one attached hydrogen (secondary N) is 2. The van der Waals surface area contributed by atoms with Crippen LogP contribution in [0.5, 0.6) is 0 Å². The van der Waals surface area contributed by atoms with Crippen molar-refractivity contribution in [2.45, 2.75) is 0 Å². The van der Waals surface area contributed by atoms with Crippen molar-refractivity contribution in [3.8, 4) is 0 Å². The molecule has 5 nitrogen and oxygen atoms in total. The van der Waals surface area contributed by atoms with Crippen LogP contribution in [0.15, 0.2) is 47.4 Å². The number of H-pyrrole nitrogens is 1. The fourth-order valence-corrected chi connectivity index (χ4v) is 3.87. The summed E-state index contributed by atoms with van der Waals surface area (Å²) in [5.41, 5.74) is 0.828. The lowest BCUT2D eigenvalue weighted by Gasteiger charge is -2.04. The number of carbonyl (C=O) groups is 1. The van der Waals surface area contributed by atoms with Crippen molar-refractivity contribution in [1.82, 2.24) is 9.97 Å². The molecule has 2 heterocycles. The molecule has 2 N–H and O–H groups in total. The number of hydrogen-bond donors (Lipinski definition) is 2. The molecule has 0 fully saturated rings. The first kappa shape index (κ1) is 16.1. The third kappa shape index (κ3) is 2.89. The van der Waals surface area contributed by atoms with Gasteiger partial charge in [0.2, 0.25) is 5.43 Å². The lowest BCUT2D eigenvalue weighted by Crippen LogP contribution is -2.21. The van der Waals surface area contributed by atoms with E-state index in [1.165, 1.54) is 17.5 Å². The maximum absolute atomic E-state index is 12.6. The Hall–Kier alpha value is -2.41. The Kier molecular flexibility index (Phi) is 3.95. The third-order valence-electron chi connectivity index (χ3n) is 3.68. The van der Waals surface area contributed by atoms with Crippen LogP contribution in [0.4, 0.5) is 5.13 Å². The Bertz CT molecular complexity index is 1200. The van der Waals surface area contributed by atoms with Crippen LogP contribution in [0.3, 0.4) is 0 Å². The number of anilines is 1. The van der Waals surface area contributed by atoms with Crippen LogP contribution in [-0.2, 0) is 0 Å². The molecule has 2 aromatic carbocycles. The molecule has 0 unspecified atom stereocenters. The molecule has 0 aliphatic carbocycles. The summed E-state index contributed by atoms with van der Waals surface area (Å²) < 4.78 is 0.849. The average molecular weight is 390 g/mol. The molecule has 4 rings (SSSR count). The number of nitrogens with zero attached hydrogens (tertiary/aromatic N) is 1. The minimum absolute atomic E-state index is 0.00736. The second-order valence-electron chi connectivity index (χ2n) is 5.28. The predicted molar refractivity (Wildman–Crippen MR) is 102 cm³/mol. The molecule has 25 heavy (non-hydrogen) atoms. The molecular formula is C17H9Cl2N3O2S. The largest absolute Gasteiger partial charge is 0.359 e. The van der Waals surface area contributed by atoms with Gasteiger partial charge in [-0.1, -0.05) is 40.6 Å². The van der Waals surface area contributed by atoms with E-state index in [4.69, 9.17) is 23.2 Å². The number of aromatic nitrogens is 2. The second kappa shape index (κ2) is 6.15. The summed E-state index contributed by atoms with van der Waals surface area (Å²) in [5.74, 6) is -0.534. The normalized spacial score (nSPS) is 11.1. The number of amides is 1. The summed E-state index contributed by atoms with van der Waals surface area (Å²) in [4.78, 5) is 32.3. The number of carbonyl (C=O) groups excluding carboxylic acids is 1. The fraction of sp³-hybridized carbons (Fsp3) is 0. The smallest absolute Gasteiger partial charge is 0.262 e. The highest BCUT2D eigenvalue weighted by Crippen LogP contribution is 2.28. The number of para-hydroxylation sites is 1. The molecule has 0 spiro atoms. The first-order valence-corrected chi connectivity index (χ1v) is 8.77. The van der Waals surface area contributed by atoms with Crippen molar-refractivity contribution in [3.63, 3.8) is 0 Å². The van der Waals surface area contributed by atoms with E-state index in [0.29, 0.717) is 26.1 Å². The van der Waals surface area contributed by atoms with Crippen LogP contribution in [0.1, 0.15) is 10.4 Å². The van der Waals surface area contributed by atoms with E-state index in [2.05, 4.69) is 15.3 Å². The fourth-order valence-electron chi connectivity index (χ4n) is 2.50. The molecule has 0 bridgehead atoms. The van der Waals surface area contributed by atoms with Gasteiger partial charge in [0, 0.05) is 16.6 Å². The Labute approximate surface area is 155 Å². The van der Waals surface area contributed by atoms with Crippen molar-refractivity contribution < 1.29 is 4.79 Å². The van der Waals surface area contributed by atoms with Gasteiger partial charge in [-0.15, -0.1) is 0 Å². The van der Waals surface area contributed by atoms with E-state index >= 15 is 0 Å². The Morgan fingerprint density at radius 1 is 1.20 bits per heavy atom. The summed E-state index contributed by atoms with van der Waals surface area (Å²) in [6, 6.07) is 10.2. The van der Waals surface area contributed by atoms with Gasteiger partial charge >= 0.3 is 0 Å². The van der Waals surface area contributed by atoms with Gasteiger partial charge in [-0.25, -0.2) is 4.98 Å². The van der Waals surface area contributed by atoms with Gasteiger partial charge in [-0.3, -0.25) is 14.9 Å². The van der Waals surface area contributed by atoms with Gasteiger partial charge in [-0.05, 0) is 30.3 Å². The highest BCUT2D eigenvalue weighted by atomic mass is 35.5. The maximum atomic E-state index is 12.6. The first-order chi connectivity index (χ1) is 12.0. The lowest BCUT2D eigenvalue weighted by atomic mass is 10.1. The van der Waals surface area contributed by atoms with E-state index < -0.39 is 11.3 Å². The van der Waals surface area contributed by atoms with E-state index in [-0.39, 0.29) is 5.56 Å². The van der Waals surface area contributed by atoms with Crippen LogP contribution in [0.2, 0.25) is 10.0 Å². The molecule has 1 amide bonds. The van der Waals surface area contributed by atoms with Gasteiger partial charge in [0.05, 0.1) is 20.8 Å². The van der Waals surface area contributed by atoms with Crippen LogP contribution in [-0.4, -0.2) is 15.9 Å². The van der Waals surface area contributed by atoms with E-state index in [0.717, 1.165) is 10.2 Å². The number of pyridine rings is 1. The molecule has 0 aliphatic rings. The summed E-state index contributed by atoms with van der Waals surface area (Å²) in [7, 11) is 0. The second-order valence-corrected chi connectivity index (χ2v) is 7.15. The van der Waals surface area contributed by atoms with E-state index in [9.17, 15) is 9.59 Å². The number of benzene rings is 2. The minimum atomic E-state index is -0.534. The molecule has 0 saturated heterocycles. The number of hydrogen-bond acceptors (Lipinski definition) is 4. The molecule has 0 radical (unpaired) electrons. The summed E-state index contributed by atoms with van der Waals surface area (Å²) in [5, 5.41) is 4.43. The van der Waals surface area contributed by atoms with Gasteiger partial charge in [0.25, 0.3) is 5.91 Å². The summed E-state index contributed by atoms with van der Waals surface area (Å²) >= 11 is 13.3. The summed E-state index contributed by atoms with van der Waals surface area (Å²) in [6.45, 7) is 0. The highest BCUT2D eigenvalue weighted by molar-refractivity contribution is 7.22. The van der Waals surface area contributed by atoms with E-state index in [1.807, 2.05) is 0 Å². The van der Waals surface area contributed by atoms with Gasteiger partial charge in [-0.2, -0.15) is 0 Å². The van der Waals surface area contributed by atoms with Crippen molar-refractivity contribution in [2.75, 3.05) is 5.32 Å². The summed E-state index contributed by atoms with van der Waals surface area (Å²) in [6.07, 6.45) is 1.36. The zero-order valence-corrected chi connectivity index (χ0v) is 14.8. The maximum Gasteiger partial charge on any atom is 0.262 e. The van der Waals surface area contributed by atoms with Gasteiger partial charge < -0.3 is 4.98 Å². The molecule has 0 atom stereocenters. The Morgan fingerprint density at radius 2 is 2.04 bits per heavy atom. The Balaban J connectivity index is 1.72. The Morgan fingerprint density at radius 3 is 2.88 bits per heavy atom. The zero-order chi connectivity index (χ0) is 17.6. The van der Waals surface area contributed by atoms with Crippen LogP contribution >= 0.6 is 34.5 Å². The zero-order valence-electron chi connectivity index (χ0n) is 12.5. The number of halogens is 2. The first-order valence-electron chi connectivity index (χ1n) is 7.20. The molecule has 8 heteroatoms. The van der Waals surface area contributed by atoms with Crippen molar-refractivity contribution in [3.05, 3.63) is 68.4 Å². The molecule has 124 valence electrons. The number of rotatable bonds is 2. The lowest BCUT2D eigenvalue weighted by molar-refractivity contribution is 0.102. The molecule has 4 aromatic rings. The van der Waals surface area contributed by atoms with Gasteiger partial charge in [0.15, 0.2) is 5.13 Å². The van der Waals surface area contributed by atoms with Crippen molar-refractivity contribution >= 4 is 66.7 Å². The SMILES string of the molecule is O=C(Nc1nc2ccc(Cl)cc2s1)c1c[nH]c2c(Cl)cccc2c1=O. The van der Waals surface area contributed by atoms with Crippen LogP contribution < -0.4 is 10.7 Å². The third-order valence-corrected chi connectivity index (χ3v) is 5.16. The van der Waals surface area contributed by atoms with Gasteiger partial charge in [0.1, 0.15) is 5.56 Å². The molecular weight excluding hydrogens is 381 g/mol. The van der Waals surface area contributed by atoms with Crippen LogP contribution in [0.25, 0.3) is 21.1 Å².